The zero-order valence-electron chi connectivity index (χ0n) is 10.2. The van der Waals surface area contributed by atoms with Crippen molar-refractivity contribution >= 4 is 17.7 Å². The number of nitrogens with one attached hydrogen (secondary N) is 1. The number of nitrogens with zero attached hydrogens (tertiary/aromatic N) is 1. The maximum absolute atomic E-state index is 11.9. The number of carbonyl (C=O) groups excluding carboxylic acids is 1. The molecule has 0 aliphatic rings. The Morgan fingerprint density at radius 2 is 2.16 bits per heavy atom. The van der Waals surface area contributed by atoms with Crippen molar-refractivity contribution < 1.29 is 19.1 Å². The van der Waals surface area contributed by atoms with E-state index in [1.54, 1.807) is 6.07 Å². The van der Waals surface area contributed by atoms with Crippen molar-refractivity contribution in [1.29, 1.82) is 0 Å². The Morgan fingerprint density at radius 1 is 1.37 bits per heavy atom. The number of aryl methyl sites for hydroxylation is 1. The van der Waals surface area contributed by atoms with E-state index < -0.39 is 11.9 Å². The molecule has 98 valence electrons. The highest BCUT2D eigenvalue weighted by molar-refractivity contribution is 6.05. The number of hydrogen-bond acceptors (Lipinski definition) is 4. The summed E-state index contributed by atoms with van der Waals surface area (Å²) in [4.78, 5) is 26.7. The molecule has 0 aliphatic heterocycles. The Hall–Kier alpha value is -2.63. The maximum Gasteiger partial charge on any atom is 0.339 e. The summed E-state index contributed by atoms with van der Waals surface area (Å²) in [5.41, 5.74) is -0.0712. The normalized spacial score (nSPS) is 10.2. The highest BCUT2D eigenvalue weighted by atomic mass is 16.4. The first kappa shape index (κ1) is 12.8. The lowest BCUT2D eigenvalue weighted by molar-refractivity contribution is 0.0697. The Kier molecular flexibility index (Phi) is 3.61. The summed E-state index contributed by atoms with van der Waals surface area (Å²) in [5.74, 6) is -0.879. The Bertz CT molecular complexity index is 619. The van der Waals surface area contributed by atoms with Gasteiger partial charge in [-0.2, -0.15) is 0 Å². The number of carboxylic acid groups (broad SMARTS) is 1. The lowest BCUT2D eigenvalue weighted by Gasteiger charge is -2.05. The molecule has 0 radical (unpaired) electrons. The van der Waals surface area contributed by atoms with Crippen LogP contribution in [-0.2, 0) is 6.42 Å². The number of hydrogen-bond donors (Lipinski definition) is 2. The van der Waals surface area contributed by atoms with Gasteiger partial charge in [-0.25, -0.2) is 9.78 Å². The van der Waals surface area contributed by atoms with E-state index in [1.807, 2.05) is 6.92 Å². The third kappa shape index (κ3) is 2.79. The van der Waals surface area contributed by atoms with Gasteiger partial charge in [0.25, 0.3) is 5.91 Å². The number of aromatic nitrogens is 1. The number of amides is 1. The summed E-state index contributed by atoms with van der Waals surface area (Å²) in [6, 6.07) is 6.09. The van der Waals surface area contributed by atoms with Crippen LogP contribution >= 0.6 is 0 Å². The molecule has 0 spiro atoms. The van der Waals surface area contributed by atoms with E-state index in [4.69, 9.17) is 9.52 Å². The van der Waals surface area contributed by atoms with Gasteiger partial charge in [-0.3, -0.25) is 4.79 Å². The molecule has 2 heterocycles. The Balaban J connectivity index is 2.21. The number of furan rings is 1. The monoisotopic (exact) mass is 260 g/mol. The number of rotatable bonds is 4. The topological polar surface area (TPSA) is 92.4 Å². The van der Waals surface area contributed by atoms with Crippen LogP contribution in [0.15, 0.2) is 34.9 Å². The lowest BCUT2D eigenvalue weighted by atomic mass is 10.2. The quantitative estimate of drug-likeness (QED) is 0.879. The van der Waals surface area contributed by atoms with Crippen molar-refractivity contribution in [3.05, 3.63) is 47.5 Å². The minimum absolute atomic E-state index is 0.00514. The van der Waals surface area contributed by atoms with Gasteiger partial charge in [0.2, 0.25) is 0 Å². The fourth-order valence-corrected chi connectivity index (χ4v) is 1.54. The van der Waals surface area contributed by atoms with Gasteiger partial charge < -0.3 is 14.8 Å². The van der Waals surface area contributed by atoms with Crippen LogP contribution in [0, 0.1) is 0 Å². The standard InChI is InChI=1S/C13H12N2O4/c1-2-8-5-6-10(19-8)12(16)15-11-9(13(17)18)4-3-7-14-11/h3-7H,2H2,1H3,(H,17,18)(H,14,15,16). The summed E-state index contributed by atoms with van der Waals surface area (Å²) < 4.78 is 5.28. The molecule has 0 aromatic carbocycles. The molecule has 0 saturated carbocycles. The van der Waals surface area contributed by atoms with E-state index in [2.05, 4.69) is 10.3 Å². The van der Waals surface area contributed by atoms with Gasteiger partial charge >= 0.3 is 5.97 Å². The first-order chi connectivity index (χ1) is 9.11. The number of carboxylic acids is 1. The predicted octanol–water partition coefficient (Wildman–Crippen LogP) is 2.19. The second kappa shape index (κ2) is 5.34. The van der Waals surface area contributed by atoms with Crippen molar-refractivity contribution in [2.45, 2.75) is 13.3 Å². The van der Waals surface area contributed by atoms with E-state index >= 15 is 0 Å². The highest BCUT2D eigenvalue weighted by Gasteiger charge is 2.16. The second-order valence-electron chi connectivity index (χ2n) is 3.78. The molecule has 2 N–H and O–H groups in total. The van der Waals surface area contributed by atoms with Gasteiger partial charge in [-0.1, -0.05) is 6.92 Å². The zero-order chi connectivity index (χ0) is 13.8. The van der Waals surface area contributed by atoms with Crippen LogP contribution in [0.2, 0.25) is 0 Å². The molecule has 6 nitrogen and oxygen atoms in total. The largest absolute Gasteiger partial charge is 0.478 e. The van der Waals surface area contributed by atoms with E-state index in [9.17, 15) is 9.59 Å². The van der Waals surface area contributed by atoms with Crippen molar-refractivity contribution in [3.8, 4) is 0 Å². The van der Waals surface area contributed by atoms with E-state index in [-0.39, 0.29) is 17.1 Å². The molecule has 0 bridgehead atoms. The summed E-state index contributed by atoms with van der Waals surface area (Å²) >= 11 is 0. The summed E-state index contributed by atoms with van der Waals surface area (Å²) in [5, 5.41) is 11.4. The van der Waals surface area contributed by atoms with Gasteiger partial charge in [-0.15, -0.1) is 0 Å². The minimum atomic E-state index is -1.16. The summed E-state index contributed by atoms with van der Waals surface area (Å²) in [6.07, 6.45) is 2.08. The first-order valence-electron chi connectivity index (χ1n) is 5.70. The second-order valence-corrected chi connectivity index (χ2v) is 3.78. The van der Waals surface area contributed by atoms with Crippen molar-refractivity contribution in [1.82, 2.24) is 4.98 Å². The van der Waals surface area contributed by atoms with E-state index in [0.717, 1.165) is 0 Å². The molecule has 0 aliphatic carbocycles. The molecule has 2 aromatic rings. The van der Waals surface area contributed by atoms with Gasteiger partial charge in [0.05, 0.1) is 0 Å². The van der Waals surface area contributed by atoms with Crippen molar-refractivity contribution in [2.75, 3.05) is 5.32 Å². The summed E-state index contributed by atoms with van der Waals surface area (Å²) in [7, 11) is 0. The third-order valence-corrected chi connectivity index (χ3v) is 2.50. The molecule has 0 fully saturated rings. The van der Waals surface area contributed by atoms with E-state index in [1.165, 1.54) is 24.4 Å². The Morgan fingerprint density at radius 3 is 2.79 bits per heavy atom. The number of carbonyl (C=O) groups is 2. The molecular formula is C13H12N2O4. The molecule has 6 heteroatoms. The molecule has 2 rings (SSSR count). The highest BCUT2D eigenvalue weighted by Crippen LogP contribution is 2.14. The fraction of sp³-hybridized carbons (Fsp3) is 0.154. The number of anilines is 1. The third-order valence-electron chi connectivity index (χ3n) is 2.50. The number of aromatic carboxylic acids is 1. The molecule has 19 heavy (non-hydrogen) atoms. The predicted molar refractivity (Wildman–Crippen MR) is 67.2 cm³/mol. The summed E-state index contributed by atoms with van der Waals surface area (Å²) in [6.45, 7) is 1.90. The molecule has 1 amide bonds. The average molecular weight is 260 g/mol. The van der Waals surface area contributed by atoms with E-state index in [0.29, 0.717) is 12.2 Å². The molecule has 2 aromatic heterocycles. The molecular weight excluding hydrogens is 248 g/mol. The first-order valence-corrected chi connectivity index (χ1v) is 5.70. The van der Waals surface area contributed by atoms with Crippen LogP contribution in [0.1, 0.15) is 33.6 Å². The van der Waals surface area contributed by atoms with Gasteiger partial charge in [0, 0.05) is 12.6 Å². The van der Waals surface area contributed by atoms with Crippen LogP contribution in [0.25, 0.3) is 0 Å². The molecule has 0 unspecified atom stereocenters. The van der Waals surface area contributed by atoms with Crippen LogP contribution in [0.5, 0.6) is 0 Å². The van der Waals surface area contributed by atoms with Gasteiger partial charge in [0.1, 0.15) is 17.1 Å². The van der Waals surface area contributed by atoms with Crippen LogP contribution in [0.4, 0.5) is 5.82 Å². The van der Waals surface area contributed by atoms with Crippen molar-refractivity contribution in [2.24, 2.45) is 0 Å². The smallest absolute Gasteiger partial charge is 0.339 e. The van der Waals surface area contributed by atoms with Crippen LogP contribution in [0.3, 0.4) is 0 Å². The molecule has 0 atom stereocenters. The Labute approximate surface area is 109 Å². The zero-order valence-corrected chi connectivity index (χ0v) is 10.2. The van der Waals surface area contributed by atoms with Crippen LogP contribution < -0.4 is 5.32 Å². The van der Waals surface area contributed by atoms with Crippen LogP contribution in [-0.4, -0.2) is 22.0 Å². The van der Waals surface area contributed by atoms with Gasteiger partial charge in [-0.05, 0) is 24.3 Å². The minimum Gasteiger partial charge on any atom is -0.478 e. The maximum atomic E-state index is 11.9. The average Bonchev–Trinajstić information content (AvgIpc) is 2.88. The lowest BCUT2D eigenvalue weighted by Crippen LogP contribution is -2.15. The molecule has 0 saturated heterocycles. The number of pyridine rings is 1. The SMILES string of the molecule is CCc1ccc(C(=O)Nc2ncccc2C(=O)O)o1. The fourth-order valence-electron chi connectivity index (χ4n) is 1.54. The van der Waals surface area contributed by atoms with Gasteiger partial charge in [0.15, 0.2) is 5.76 Å². The van der Waals surface area contributed by atoms with Crippen molar-refractivity contribution in [3.63, 3.8) is 0 Å².